The molecule has 0 aliphatic rings. The third-order valence-electron chi connectivity index (χ3n) is 3.03. The summed E-state index contributed by atoms with van der Waals surface area (Å²) in [5, 5.41) is 4.19. The van der Waals surface area contributed by atoms with E-state index < -0.39 is 11.8 Å². The molecule has 19 heavy (non-hydrogen) atoms. The molecule has 0 aliphatic heterocycles. The monoisotopic (exact) mass is 252 g/mol. The first kappa shape index (κ1) is 11.4. The predicted octanol–water partition coefficient (Wildman–Crippen LogP) is 1.35. The van der Waals surface area contributed by atoms with Crippen LogP contribution >= 0.6 is 0 Å². The van der Waals surface area contributed by atoms with Crippen molar-refractivity contribution in [2.75, 3.05) is 0 Å². The molecular formula is C14H12N4O. The van der Waals surface area contributed by atoms with Crippen LogP contribution in [0.3, 0.4) is 0 Å². The largest absolute Gasteiger partial charge is 0.369 e. The van der Waals surface area contributed by atoms with Gasteiger partial charge in [-0.15, -0.1) is 0 Å². The molecule has 5 nitrogen and oxygen atoms in total. The molecule has 3 rings (SSSR count). The van der Waals surface area contributed by atoms with Gasteiger partial charge in [-0.1, -0.05) is 30.3 Å². The van der Waals surface area contributed by atoms with Gasteiger partial charge < -0.3 is 5.73 Å². The van der Waals surface area contributed by atoms with E-state index in [1.165, 1.54) is 0 Å². The van der Waals surface area contributed by atoms with Crippen LogP contribution in [0, 0.1) is 0 Å². The first-order chi connectivity index (χ1) is 9.27. The zero-order valence-electron chi connectivity index (χ0n) is 10.1. The maximum atomic E-state index is 11.8. The minimum Gasteiger partial charge on any atom is -0.369 e. The lowest BCUT2D eigenvalue weighted by atomic mass is 9.95. The van der Waals surface area contributed by atoms with E-state index in [0.717, 1.165) is 5.56 Å². The minimum absolute atomic E-state index is 0.408. The molecule has 0 saturated heterocycles. The Morgan fingerprint density at radius 3 is 2.63 bits per heavy atom. The lowest BCUT2D eigenvalue weighted by molar-refractivity contribution is -0.118. The van der Waals surface area contributed by atoms with Gasteiger partial charge in [0, 0.05) is 12.3 Å². The highest BCUT2D eigenvalue weighted by molar-refractivity contribution is 5.85. The summed E-state index contributed by atoms with van der Waals surface area (Å²) >= 11 is 0. The first-order valence-corrected chi connectivity index (χ1v) is 5.90. The van der Waals surface area contributed by atoms with E-state index in [0.29, 0.717) is 11.3 Å². The lowest BCUT2D eigenvalue weighted by Gasteiger charge is -2.15. The quantitative estimate of drug-likeness (QED) is 0.764. The molecule has 1 aromatic carbocycles. The Balaban J connectivity index is 2.21. The van der Waals surface area contributed by atoms with Gasteiger partial charge in [-0.25, -0.2) is 9.50 Å². The fourth-order valence-corrected chi connectivity index (χ4v) is 2.20. The number of benzene rings is 1. The second kappa shape index (κ2) is 4.53. The Kier molecular flexibility index (Phi) is 2.72. The number of amides is 1. The second-order valence-electron chi connectivity index (χ2n) is 4.22. The van der Waals surface area contributed by atoms with Crippen molar-refractivity contribution < 1.29 is 4.79 Å². The smallest absolute Gasteiger partial charge is 0.231 e. The number of carbonyl (C=O) groups is 1. The van der Waals surface area contributed by atoms with Crippen LogP contribution in [-0.4, -0.2) is 20.5 Å². The molecule has 0 spiro atoms. The zero-order valence-corrected chi connectivity index (χ0v) is 10.1. The third kappa shape index (κ3) is 1.95. The molecule has 3 aromatic rings. The van der Waals surface area contributed by atoms with Crippen LogP contribution in [0.5, 0.6) is 0 Å². The number of fused-ring (bicyclic) bond motifs is 1. The summed E-state index contributed by atoms with van der Waals surface area (Å²) in [5.41, 5.74) is 7.82. The van der Waals surface area contributed by atoms with Gasteiger partial charge in [-0.05, 0) is 11.6 Å². The van der Waals surface area contributed by atoms with Gasteiger partial charge >= 0.3 is 0 Å². The number of hydrogen-bond acceptors (Lipinski definition) is 3. The summed E-state index contributed by atoms with van der Waals surface area (Å²) in [4.78, 5) is 16.0. The summed E-state index contributed by atoms with van der Waals surface area (Å²) < 4.78 is 1.64. The average Bonchev–Trinajstić information content (AvgIpc) is 2.89. The van der Waals surface area contributed by atoms with Crippen molar-refractivity contribution in [3.63, 3.8) is 0 Å². The van der Waals surface area contributed by atoms with E-state index in [-0.39, 0.29) is 0 Å². The molecule has 2 heterocycles. The van der Waals surface area contributed by atoms with Gasteiger partial charge in [0.1, 0.15) is 5.92 Å². The van der Waals surface area contributed by atoms with Crippen LogP contribution in [0.2, 0.25) is 0 Å². The fourth-order valence-electron chi connectivity index (χ4n) is 2.20. The van der Waals surface area contributed by atoms with Gasteiger partial charge in [0.25, 0.3) is 0 Å². The number of nitrogens with zero attached hydrogens (tertiary/aromatic N) is 3. The molecule has 1 amide bonds. The third-order valence-corrected chi connectivity index (χ3v) is 3.03. The van der Waals surface area contributed by atoms with Gasteiger partial charge in [0.2, 0.25) is 5.91 Å². The van der Waals surface area contributed by atoms with Gasteiger partial charge in [-0.3, -0.25) is 4.79 Å². The normalized spacial score (nSPS) is 12.4. The van der Waals surface area contributed by atoms with Crippen molar-refractivity contribution in [1.82, 2.24) is 14.6 Å². The number of hydrogen-bond donors (Lipinski definition) is 1. The van der Waals surface area contributed by atoms with Crippen molar-refractivity contribution in [3.8, 4) is 0 Å². The summed E-state index contributed by atoms with van der Waals surface area (Å²) in [6.07, 6.45) is 3.31. The predicted molar refractivity (Wildman–Crippen MR) is 70.5 cm³/mol. The molecule has 1 unspecified atom stereocenters. The van der Waals surface area contributed by atoms with Gasteiger partial charge in [-0.2, -0.15) is 5.10 Å². The number of primary amides is 1. The van der Waals surface area contributed by atoms with E-state index in [2.05, 4.69) is 10.1 Å². The van der Waals surface area contributed by atoms with Crippen LogP contribution in [0.1, 0.15) is 17.2 Å². The Bertz CT molecular complexity index is 720. The van der Waals surface area contributed by atoms with Crippen LogP contribution in [-0.2, 0) is 4.79 Å². The van der Waals surface area contributed by atoms with E-state index in [4.69, 9.17) is 5.73 Å². The highest BCUT2D eigenvalue weighted by Crippen LogP contribution is 2.24. The number of nitrogens with two attached hydrogens (primary N) is 1. The molecule has 0 saturated carbocycles. The summed E-state index contributed by atoms with van der Waals surface area (Å²) in [7, 11) is 0. The molecule has 0 radical (unpaired) electrons. The van der Waals surface area contributed by atoms with Gasteiger partial charge in [0.05, 0.1) is 11.9 Å². The zero-order chi connectivity index (χ0) is 13.2. The highest BCUT2D eigenvalue weighted by Gasteiger charge is 2.23. The summed E-state index contributed by atoms with van der Waals surface area (Å²) in [6, 6.07) is 13.0. The second-order valence-corrected chi connectivity index (χ2v) is 4.22. The van der Waals surface area contributed by atoms with Crippen molar-refractivity contribution in [2.24, 2.45) is 5.73 Å². The van der Waals surface area contributed by atoms with Crippen molar-refractivity contribution in [3.05, 3.63) is 66.1 Å². The van der Waals surface area contributed by atoms with Crippen molar-refractivity contribution in [1.29, 1.82) is 0 Å². The maximum absolute atomic E-state index is 11.8. The van der Waals surface area contributed by atoms with Crippen LogP contribution in [0.4, 0.5) is 0 Å². The molecule has 94 valence electrons. The number of carbonyl (C=O) groups excluding carboxylic acids is 1. The molecule has 1 atom stereocenters. The Labute approximate surface area is 109 Å². The molecule has 5 heteroatoms. The molecule has 0 fully saturated rings. The van der Waals surface area contributed by atoms with Crippen molar-refractivity contribution >= 4 is 11.6 Å². The molecule has 0 bridgehead atoms. The average molecular weight is 252 g/mol. The first-order valence-electron chi connectivity index (χ1n) is 5.90. The van der Waals surface area contributed by atoms with Crippen LogP contribution in [0.25, 0.3) is 5.65 Å². The Morgan fingerprint density at radius 2 is 1.89 bits per heavy atom. The molecule has 2 N–H and O–H groups in total. The number of rotatable bonds is 3. The Morgan fingerprint density at radius 1 is 1.11 bits per heavy atom. The Hall–Kier alpha value is -2.69. The lowest BCUT2D eigenvalue weighted by Crippen LogP contribution is -2.24. The SMILES string of the molecule is NC(=O)C(c1ccccc1)c1ccnc2ccnn12. The highest BCUT2D eigenvalue weighted by atomic mass is 16.1. The van der Waals surface area contributed by atoms with Gasteiger partial charge in [0.15, 0.2) is 5.65 Å². The van der Waals surface area contributed by atoms with E-state index in [1.807, 2.05) is 30.3 Å². The molecule has 0 aliphatic carbocycles. The number of aromatic nitrogens is 3. The van der Waals surface area contributed by atoms with E-state index in [9.17, 15) is 4.79 Å². The van der Waals surface area contributed by atoms with Crippen molar-refractivity contribution in [2.45, 2.75) is 5.92 Å². The summed E-state index contributed by atoms with van der Waals surface area (Å²) in [6.45, 7) is 0. The molecule has 2 aromatic heterocycles. The maximum Gasteiger partial charge on any atom is 0.231 e. The molecular weight excluding hydrogens is 240 g/mol. The summed E-state index contributed by atoms with van der Waals surface area (Å²) in [5.74, 6) is -0.944. The fraction of sp³-hybridized carbons (Fsp3) is 0.0714. The van der Waals surface area contributed by atoms with E-state index in [1.54, 1.807) is 29.0 Å². The minimum atomic E-state index is -0.536. The standard InChI is InChI=1S/C14H12N4O/c15-14(19)13(10-4-2-1-3-5-10)11-6-8-16-12-7-9-17-18(11)12/h1-9,13H,(H2,15,19). The topological polar surface area (TPSA) is 73.3 Å². The van der Waals surface area contributed by atoms with Crippen LogP contribution in [0.15, 0.2) is 54.9 Å². The van der Waals surface area contributed by atoms with Crippen LogP contribution < -0.4 is 5.73 Å². The van der Waals surface area contributed by atoms with E-state index >= 15 is 0 Å².